The molecule has 8 atom stereocenters. The molecular formula is C33H50BN7O7. The second-order valence-corrected chi connectivity index (χ2v) is 14.1. The SMILES string of the molecule is B[C@@H]1CC(=O)[C@@H](C)C(=O)O[C@H](CC)[C@@]2(C)OC(=O)N(CCCCn3cc(-c4cccnn4)nn3)[C@@H]2[C@@H](C)N(C(C)=O)C[C@H](C)C[C@]1(C)O. The highest BCUT2D eigenvalue weighted by Gasteiger charge is 2.59. The third kappa shape index (κ3) is 8.04. The fraction of sp³-hybridized carbons (Fsp3) is 0.697. The summed E-state index contributed by atoms with van der Waals surface area (Å²) in [4.78, 5) is 56.8. The van der Waals surface area contributed by atoms with Crippen LogP contribution >= 0.6 is 0 Å². The first-order valence-electron chi connectivity index (χ1n) is 17.0. The lowest BCUT2D eigenvalue weighted by Crippen LogP contribution is -2.62. The van der Waals surface area contributed by atoms with E-state index in [0.717, 1.165) is 0 Å². The summed E-state index contributed by atoms with van der Waals surface area (Å²) in [6, 6.07) is 2.37. The number of esters is 1. The van der Waals surface area contributed by atoms with Crippen molar-refractivity contribution in [2.75, 3.05) is 13.1 Å². The van der Waals surface area contributed by atoms with Gasteiger partial charge in [0.05, 0.1) is 23.9 Å². The Labute approximate surface area is 283 Å². The van der Waals surface area contributed by atoms with Crippen LogP contribution in [0, 0.1) is 11.8 Å². The minimum Gasteiger partial charge on any atom is -0.458 e. The van der Waals surface area contributed by atoms with Gasteiger partial charge in [-0.3, -0.25) is 24.0 Å². The molecule has 0 bridgehead atoms. The summed E-state index contributed by atoms with van der Waals surface area (Å²) in [5, 5.41) is 27.7. The largest absolute Gasteiger partial charge is 0.458 e. The third-order valence-electron chi connectivity index (χ3n) is 10.2. The zero-order chi connectivity index (χ0) is 35.4. The summed E-state index contributed by atoms with van der Waals surface area (Å²) in [6.45, 7) is 13.3. The van der Waals surface area contributed by atoms with Crippen LogP contribution in [0.5, 0.6) is 0 Å². The van der Waals surface area contributed by atoms with Crippen molar-refractivity contribution in [2.24, 2.45) is 11.8 Å². The molecule has 2 fully saturated rings. The summed E-state index contributed by atoms with van der Waals surface area (Å²) in [5.41, 5.74) is -1.31. The number of carbonyl (C=O) groups excluding carboxylic acids is 4. The van der Waals surface area contributed by atoms with Gasteiger partial charge in [0.1, 0.15) is 37.0 Å². The standard InChI is InChI=1S/C33H50BN7O7/c1-8-28-33(7)29(40(31(45)48-33)15-10-9-14-39-19-25(37-38-39)24-12-11-13-35-36-24)22(4)41(23(5)42)18-20(2)17-32(6,46)27(34)16-26(43)21(3)30(44)47-28/h11-13,19-22,27-29,46H,8-10,14-18,34H2,1-7H3/t20-,21-,22-,27-,28-,29-,32+,33-/m1/s1. The molecule has 14 nitrogen and oxygen atoms in total. The normalized spacial score (nSPS) is 32.2. The monoisotopic (exact) mass is 667 g/mol. The molecule has 2 aromatic rings. The molecule has 0 unspecified atom stereocenters. The van der Waals surface area contributed by atoms with Crippen molar-refractivity contribution in [3.63, 3.8) is 0 Å². The number of aromatic nitrogens is 5. The summed E-state index contributed by atoms with van der Waals surface area (Å²) in [7, 11) is 1.80. The van der Waals surface area contributed by atoms with Gasteiger partial charge in [0.25, 0.3) is 0 Å². The Balaban J connectivity index is 1.61. The van der Waals surface area contributed by atoms with Gasteiger partial charge >= 0.3 is 12.1 Å². The van der Waals surface area contributed by atoms with Gasteiger partial charge in [0.15, 0.2) is 5.60 Å². The number of Topliss-reactive ketones (excluding diaryl/α,β-unsaturated/α-hetero) is 1. The lowest BCUT2D eigenvalue weighted by molar-refractivity contribution is -0.171. The van der Waals surface area contributed by atoms with E-state index in [1.807, 2.05) is 20.8 Å². The molecule has 0 spiro atoms. The maximum absolute atomic E-state index is 13.7. The number of aliphatic hydroxyl groups is 1. The minimum absolute atomic E-state index is 0.00147. The number of nitrogens with zero attached hydrogens (tertiary/aromatic N) is 7. The van der Waals surface area contributed by atoms with E-state index in [1.54, 1.807) is 60.7 Å². The minimum atomic E-state index is -1.32. The highest BCUT2D eigenvalue weighted by Crippen LogP contribution is 2.40. The van der Waals surface area contributed by atoms with Crippen LogP contribution in [0.25, 0.3) is 11.4 Å². The van der Waals surface area contributed by atoms with Crippen LogP contribution in [0.2, 0.25) is 5.82 Å². The molecule has 48 heavy (non-hydrogen) atoms. The number of rotatable bonds is 7. The average Bonchev–Trinajstić information content (AvgIpc) is 3.61. The van der Waals surface area contributed by atoms with Crippen molar-refractivity contribution >= 4 is 31.6 Å². The quantitative estimate of drug-likeness (QED) is 0.199. The lowest BCUT2D eigenvalue weighted by atomic mass is 9.67. The van der Waals surface area contributed by atoms with Crippen LogP contribution in [-0.2, 0) is 30.4 Å². The number of ether oxygens (including phenoxy) is 2. The number of hydrogen-bond acceptors (Lipinski definition) is 11. The molecule has 0 aliphatic carbocycles. The predicted molar refractivity (Wildman–Crippen MR) is 178 cm³/mol. The van der Waals surface area contributed by atoms with Gasteiger partial charge in [0.2, 0.25) is 5.91 Å². The zero-order valence-electron chi connectivity index (χ0n) is 29.5. The average molecular weight is 668 g/mol. The first-order valence-corrected chi connectivity index (χ1v) is 17.0. The Kier molecular flexibility index (Phi) is 11.6. The molecule has 2 aromatic heterocycles. The van der Waals surface area contributed by atoms with E-state index in [0.29, 0.717) is 56.7 Å². The molecule has 2 aliphatic rings. The number of carbonyl (C=O) groups is 4. The second-order valence-electron chi connectivity index (χ2n) is 14.1. The second kappa shape index (κ2) is 15.1. The van der Waals surface area contributed by atoms with Crippen molar-refractivity contribution in [1.29, 1.82) is 0 Å². The molecule has 4 heterocycles. The Bertz CT molecular complexity index is 1460. The van der Waals surface area contributed by atoms with Crippen LogP contribution in [0.1, 0.15) is 80.6 Å². The lowest BCUT2D eigenvalue weighted by Gasteiger charge is -2.44. The topological polar surface area (TPSA) is 170 Å². The zero-order valence-corrected chi connectivity index (χ0v) is 29.5. The maximum atomic E-state index is 13.7. The Morgan fingerprint density at radius 3 is 2.46 bits per heavy atom. The van der Waals surface area contributed by atoms with Crippen molar-refractivity contribution in [1.82, 2.24) is 35.0 Å². The van der Waals surface area contributed by atoms with E-state index >= 15 is 0 Å². The number of amides is 2. The molecule has 2 amide bonds. The van der Waals surface area contributed by atoms with Gasteiger partial charge in [-0.2, -0.15) is 5.10 Å². The van der Waals surface area contributed by atoms with Crippen molar-refractivity contribution in [3.05, 3.63) is 24.5 Å². The van der Waals surface area contributed by atoms with Crippen molar-refractivity contribution < 1.29 is 33.8 Å². The van der Waals surface area contributed by atoms with Crippen LogP contribution in [0.15, 0.2) is 24.5 Å². The van der Waals surface area contributed by atoms with E-state index in [9.17, 15) is 24.3 Å². The molecule has 0 aromatic carbocycles. The molecule has 0 saturated carbocycles. The number of aryl methyl sites for hydroxylation is 1. The number of unbranched alkanes of at least 4 members (excludes halogenated alkanes) is 1. The van der Waals surface area contributed by atoms with Crippen molar-refractivity contribution in [2.45, 2.75) is 122 Å². The first-order chi connectivity index (χ1) is 22.6. The van der Waals surface area contributed by atoms with E-state index in [2.05, 4.69) is 20.5 Å². The molecule has 2 saturated heterocycles. The first kappa shape index (κ1) is 37.0. The molecule has 262 valence electrons. The predicted octanol–water partition coefficient (Wildman–Crippen LogP) is 2.46. The fourth-order valence-corrected chi connectivity index (χ4v) is 7.21. The summed E-state index contributed by atoms with van der Waals surface area (Å²) >= 11 is 0. The van der Waals surface area contributed by atoms with Gasteiger partial charge in [0, 0.05) is 39.2 Å². The molecule has 0 radical (unpaired) electrons. The Hall–Kier alpha value is -3.88. The Morgan fingerprint density at radius 1 is 1.10 bits per heavy atom. The number of fused-ring (bicyclic) bond motifs is 1. The summed E-state index contributed by atoms with van der Waals surface area (Å²) < 4.78 is 13.8. The van der Waals surface area contributed by atoms with Crippen LogP contribution in [-0.4, -0.2) is 114 Å². The molecular weight excluding hydrogens is 617 g/mol. The van der Waals surface area contributed by atoms with Crippen LogP contribution in [0.4, 0.5) is 4.79 Å². The smallest absolute Gasteiger partial charge is 0.410 e. The van der Waals surface area contributed by atoms with E-state index in [4.69, 9.17) is 9.47 Å². The van der Waals surface area contributed by atoms with Gasteiger partial charge in [-0.1, -0.05) is 19.1 Å². The highest BCUT2D eigenvalue weighted by molar-refractivity contribution is 6.15. The van der Waals surface area contributed by atoms with Crippen molar-refractivity contribution in [3.8, 4) is 11.4 Å². The van der Waals surface area contributed by atoms with E-state index in [-0.39, 0.29) is 24.0 Å². The molecule has 4 rings (SSSR count). The maximum Gasteiger partial charge on any atom is 0.410 e. The van der Waals surface area contributed by atoms with E-state index in [1.165, 1.54) is 13.8 Å². The molecule has 15 heteroatoms. The molecule has 2 aliphatic heterocycles. The summed E-state index contributed by atoms with van der Waals surface area (Å²) in [6.07, 6.45) is 3.84. The van der Waals surface area contributed by atoms with Gasteiger partial charge in [-0.05, 0) is 77.2 Å². The molecule has 1 N–H and O–H groups in total. The number of hydrogen-bond donors (Lipinski definition) is 1. The number of cyclic esters (lactones) is 1. The van der Waals surface area contributed by atoms with E-state index < -0.39 is 53.2 Å². The highest BCUT2D eigenvalue weighted by atomic mass is 16.6. The van der Waals surface area contributed by atoms with Crippen LogP contribution in [0.3, 0.4) is 0 Å². The van der Waals surface area contributed by atoms with Gasteiger partial charge < -0.3 is 19.5 Å². The van der Waals surface area contributed by atoms with Gasteiger partial charge in [-0.15, -0.1) is 10.2 Å². The summed E-state index contributed by atoms with van der Waals surface area (Å²) in [5.74, 6) is -2.85. The van der Waals surface area contributed by atoms with Crippen LogP contribution < -0.4 is 0 Å². The fourth-order valence-electron chi connectivity index (χ4n) is 7.21. The van der Waals surface area contributed by atoms with Gasteiger partial charge in [-0.25, -0.2) is 4.79 Å². The third-order valence-corrected chi connectivity index (χ3v) is 10.2. The number of ketones is 1. The Morgan fingerprint density at radius 2 is 1.81 bits per heavy atom.